The van der Waals surface area contributed by atoms with Crippen LogP contribution in [-0.2, 0) is 19.9 Å². The van der Waals surface area contributed by atoms with Crippen LogP contribution in [0.5, 0.6) is 0 Å². The Kier molecular flexibility index (Phi) is 3.05. The molecule has 0 atom stereocenters. The second-order valence-electron chi connectivity index (χ2n) is 3.73. The zero-order chi connectivity index (χ0) is 11.5. The predicted octanol–water partition coefficient (Wildman–Crippen LogP) is 1.14. The van der Waals surface area contributed by atoms with Gasteiger partial charge in [-0.15, -0.1) is 0 Å². The van der Waals surface area contributed by atoms with Crippen molar-refractivity contribution in [2.24, 2.45) is 12.8 Å². The van der Waals surface area contributed by atoms with E-state index < -0.39 is 0 Å². The average Bonchev–Trinajstić information content (AvgIpc) is 2.85. The van der Waals surface area contributed by atoms with E-state index in [0.717, 1.165) is 29.1 Å². The zero-order valence-electron chi connectivity index (χ0n) is 9.60. The van der Waals surface area contributed by atoms with Crippen LogP contribution in [0.2, 0.25) is 0 Å². The lowest BCUT2D eigenvalue weighted by molar-refractivity contribution is 0.386. The van der Waals surface area contributed by atoms with Gasteiger partial charge in [0.2, 0.25) is 0 Å². The summed E-state index contributed by atoms with van der Waals surface area (Å²) >= 11 is 0. The van der Waals surface area contributed by atoms with Gasteiger partial charge < -0.3 is 10.3 Å². The standard InChI is InChI=1S/C11H16N4O/c1-3-10-9(7-15(2)13-10)11-6-8(4-5-12)16-14-11/h6-7H,3-5,12H2,1-2H3. The Morgan fingerprint density at radius 2 is 2.31 bits per heavy atom. The third-order valence-electron chi connectivity index (χ3n) is 2.47. The van der Waals surface area contributed by atoms with Gasteiger partial charge in [-0.1, -0.05) is 12.1 Å². The van der Waals surface area contributed by atoms with Crippen molar-refractivity contribution >= 4 is 0 Å². The monoisotopic (exact) mass is 220 g/mol. The molecule has 5 heteroatoms. The van der Waals surface area contributed by atoms with Gasteiger partial charge in [-0.2, -0.15) is 5.10 Å². The Labute approximate surface area is 94.2 Å². The molecule has 0 aromatic carbocycles. The van der Waals surface area contributed by atoms with Crippen molar-refractivity contribution in [3.8, 4) is 11.3 Å². The fraction of sp³-hybridized carbons (Fsp3) is 0.455. The largest absolute Gasteiger partial charge is 0.361 e. The third kappa shape index (κ3) is 1.99. The molecular weight excluding hydrogens is 204 g/mol. The minimum atomic E-state index is 0.572. The first kappa shape index (κ1) is 10.9. The first-order chi connectivity index (χ1) is 7.74. The maximum atomic E-state index is 5.46. The number of aromatic nitrogens is 3. The Morgan fingerprint density at radius 3 is 3.00 bits per heavy atom. The van der Waals surface area contributed by atoms with Crippen LogP contribution in [0.1, 0.15) is 18.4 Å². The molecule has 2 rings (SSSR count). The molecule has 0 saturated carbocycles. The highest BCUT2D eigenvalue weighted by Gasteiger charge is 2.12. The van der Waals surface area contributed by atoms with E-state index in [9.17, 15) is 0 Å². The number of nitrogens with two attached hydrogens (primary N) is 1. The maximum absolute atomic E-state index is 5.46. The molecule has 0 aliphatic heterocycles. The quantitative estimate of drug-likeness (QED) is 0.838. The smallest absolute Gasteiger partial charge is 0.138 e. The van der Waals surface area contributed by atoms with Crippen LogP contribution in [0.25, 0.3) is 11.3 Å². The van der Waals surface area contributed by atoms with Gasteiger partial charge in [0.1, 0.15) is 11.5 Å². The molecule has 0 aliphatic carbocycles. The SMILES string of the molecule is CCc1nn(C)cc1-c1cc(CCN)on1. The topological polar surface area (TPSA) is 69.9 Å². The molecular formula is C11H16N4O. The van der Waals surface area contributed by atoms with Crippen molar-refractivity contribution in [3.63, 3.8) is 0 Å². The Hall–Kier alpha value is -1.62. The molecule has 0 amide bonds. The fourth-order valence-electron chi connectivity index (χ4n) is 1.71. The van der Waals surface area contributed by atoms with Crippen molar-refractivity contribution in [3.05, 3.63) is 23.7 Å². The zero-order valence-corrected chi connectivity index (χ0v) is 9.60. The Morgan fingerprint density at radius 1 is 1.50 bits per heavy atom. The second-order valence-corrected chi connectivity index (χ2v) is 3.73. The van der Waals surface area contributed by atoms with Gasteiger partial charge in [-0.3, -0.25) is 4.68 Å². The molecule has 2 N–H and O–H groups in total. The van der Waals surface area contributed by atoms with E-state index in [4.69, 9.17) is 10.3 Å². The van der Waals surface area contributed by atoms with Crippen LogP contribution in [0, 0.1) is 0 Å². The van der Waals surface area contributed by atoms with E-state index in [1.165, 1.54) is 0 Å². The van der Waals surface area contributed by atoms with Crippen molar-refractivity contribution in [1.29, 1.82) is 0 Å². The van der Waals surface area contributed by atoms with Crippen molar-refractivity contribution in [2.75, 3.05) is 6.54 Å². The summed E-state index contributed by atoms with van der Waals surface area (Å²) in [5.74, 6) is 0.823. The Bertz CT molecular complexity index is 472. The normalized spacial score (nSPS) is 10.9. The summed E-state index contributed by atoms with van der Waals surface area (Å²) in [5, 5.41) is 8.41. The van der Waals surface area contributed by atoms with E-state index in [-0.39, 0.29) is 0 Å². The predicted molar refractivity (Wildman–Crippen MR) is 60.8 cm³/mol. The molecule has 5 nitrogen and oxygen atoms in total. The maximum Gasteiger partial charge on any atom is 0.138 e. The summed E-state index contributed by atoms with van der Waals surface area (Å²) in [5.41, 5.74) is 8.38. The Balaban J connectivity index is 2.34. The molecule has 0 radical (unpaired) electrons. The summed E-state index contributed by atoms with van der Waals surface area (Å²) in [6, 6.07) is 1.93. The number of nitrogens with zero attached hydrogens (tertiary/aromatic N) is 3. The van der Waals surface area contributed by atoms with E-state index >= 15 is 0 Å². The lowest BCUT2D eigenvalue weighted by atomic mass is 10.1. The molecule has 16 heavy (non-hydrogen) atoms. The molecule has 0 bridgehead atoms. The highest BCUT2D eigenvalue weighted by Crippen LogP contribution is 2.22. The van der Waals surface area contributed by atoms with E-state index in [1.807, 2.05) is 19.3 Å². The molecule has 0 saturated heterocycles. The van der Waals surface area contributed by atoms with Gasteiger partial charge in [0.25, 0.3) is 0 Å². The molecule has 0 aliphatic rings. The molecule has 2 aromatic heterocycles. The highest BCUT2D eigenvalue weighted by atomic mass is 16.5. The van der Waals surface area contributed by atoms with Crippen LogP contribution in [0.15, 0.2) is 16.8 Å². The van der Waals surface area contributed by atoms with E-state index in [2.05, 4.69) is 17.2 Å². The lowest BCUT2D eigenvalue weighted by Crippen LogP contribution is -2.01. The lowest BCUT2D eigenvalue weighted by Gasteiger charge is -1.91. The fourth-order valence-corrected chi connectivity index (χ4v) is 1.71. The van der Waals surface area contributed by atoms with Crippen molar-refractivity contribution in [1.82, 2.24) is 14.9 Å². The minimum absolute atomic E-state index is 0.572. The minimum Gasteiger partial charge on any atom is -0.361 e. The van der Waals surface area contributed by atoms with Crippen LogP contribution < -0.4 is 5.73 Å². The van der Waals surface area contributed by atoms with Crippen LogP contribution in [-0.4, -0.2) is 21.5 Å². The third-order valence-corrected chi connectivity index (χ3v) is 2.47. The summed E-state index contributed by atoms with van der Waals surface area (Å²) in [6.45, 7) is 2.65. The molecule has 0 unspecified atom stereocenters. The van der Waals surface area contributed by atoms with Crippen molar-refractivity contribution in [2.45, 2.75) is 19.8 Å². The number of rotatable bonds is 4. The highest BCUT2D eigenvalue weighted by molar-refractivity contribution is 5.60. The average molecular weight is 220 g/mol. The number of hydrogen-bond acceptors (Lipinski definition) is 4. The molecule has 86 valence electrons. The van der Waals surface area contributed by atoms with Crippen LogP contribution in [0.4, 0.5) is 0 Å². The molecule has 0 fully saturated rings. The number of hydrogen-bond donors (Lipinski definition) is 1. The van der Waals surface area contributed by atoms with E-state index in [1.54, 1.807) is 4.68 Å². The first-order valence-electron chi connectivity index (χ1n) is 5.43. The number of aryl methyl sites for hydroxylation is 2. The van der Waals surface area contributed by atoms with Gasteiger partial charge >= 0.3 is 0 Å². The van der Waals surface area contributed by atoms with Gasteiger partial charge in [-0.25, -0.2) is 0 Å². The van der Waals surface area contributed by atoms with Crippen molar-refractivity contribution < 1.29 is 4.52 Å². The van der Waals surface area contributed by atoms with Crippen LogP contribution >= 0.6 is 0 Å². The summed E-state index contributed by atoms with van der Waals surface area (Å²) in [7, 11) is 1.91. The summed E-state index contributed by atoms with van der Waals surface area (Å²) < 4.78 is 7.00. The van der Waals surface area contributed by atoms with Gasteiger partial charge in [0.15, 0.2) is 0 Å². The second kappa shape index (κ2) is 4.49. The summed E-state index contributed by atoms with van der Waals surface area (Å²) in [6.07, 6.45) is 3.56. The first-order valence-corrected chi connectivity index (χ1v) is 5.43. The molecule has 2 aromatic rings. The van der Waals surface area contributed by atoms with Gasteiger partial charge in [0, 0.05) is 31.3 Å². The summed E-state index contributed by atoms with van der Waals surface area (Å²) in [4.78, 5) is 0. The molecule has 0 spiro atoms. The van der Waals surface area contributed by atoms with Crippen LogP contribution in [0.3, 0.4) is 0 Å². The molecule has 2 heterocycles. The van der Waals surface area contributed by atoms with E-state index in [0.29, 0.717) is 13.0 Å². The van der Waals surface area contributed by atoms with Gasteiger partial charge in [-0.05, 0) is 13.0 Å². The van der Waals surface area contributed by atoms with Gasteiger partial charge in [0.05, 0.1) is 5.69 Å².